The monoisotopic (exact) mass is 242 g/mol. The highest BCUT2D eigenvalue weighted by atomic mass is 79.9. The van der Waals surface area contributed by atoms with Crippen molar-refractivity contribution in [3.8, 4) is 0 Å². The fourth-order valence-electron chi connectivity index (χ4n) is 1.65. The van der Waals surface area contributed by atoms with E-state index in [1.807, 2.05) is 0 Å². The first-order valence-electron chi connectivity index (χ1n) is 4.22. The highest BCUT2D eigenvalue weighted by Gasteiger charge is 2.23. The van der Waals surface area contributed by atoms with Crippen LogP contribution in [0.2, 0.25) is 0 Å². The van der Waals surface area contributed by atoms with Crippen LogP contribution in [0.15, 0.2) is 0 Å². The molecule has 0 amide bonds. The number of ether oxygens (including phenoxy) is 1. The van der Waals surface area contributed by atoms with E-state index in [1.165, 1.54) is 0 Å². The van der Waals surface area contributed by atoms with E-state index < -0.39 is 6.61 Å². The molecule has 2 atom stereocenters. The van der Waals surface area contributed by atoms with Crippen LogP contribution in [0.5, 0.6) is 0 Å². The Bertz CT molecular complexity index is 132. The van der Waals surface area contributed by atoms with Gasteiger partial charge in [-0.05, 0) is 25.2 Å². The van der Waals surface area contributed by atoms with Crippen LogP contribution in [-0.2, 0) is 4.74 Å². The van der Waals surface area contributed by atoms with Gasteiger partial charge in [0.2, 0.25) is 0 Å². The minimum Gasteiger partial charge on any atom is -0.320 e. The number of hydrogen-bond donors (Lipinski definition) is 0. The number of halogens is 3. The number of alkyl halides is 3. The molecule has 1 rings (SSSR count). The molecule has 0 aromatic carbocycles. The molecule has 0 radical (unpaired) electrons. The minimum atomic E-state index is -2.61. The molecule has 12 heavy (non-hydrogen) atoms. The fraction of sp³-hybridized carbons (Fsp3) is 1.00. The Hall–Kier alpha value is 0.300. The zero-order chi connectivity index (χ0) is 8.97. The largest absolute Gasteiger partial charge is 0.345 e. The van der Waals surface area contributed by atoms with Crippen molar-refractivity contribution in [1.29, 1.82) is 0 Å². The summed E-state index contributed by atoms with van der Waals surface area (Å²) in [5.74, 6) is 0.516. The van der Waals surface area contributed by atoms with Crippen molar-refractivity contribution in [2.45, 2.75) is 38.4 Å². The molecule has 0 saturated heterocycles. The summed E-state index contributed by atoms with van der Waals surface area (Å²) in [4.78, 5) is 0. The molecule has 0 bridgehead atoms. The highest BCUT2D eigenvalue weighted by molar-refractivity contribution is 9.09. The molecular weight excluding hydrogens is 230 g/mol. The quantitative estimate of drug-likeness (QED) is 0.691. The van der Waals surface area contributed by atoms with Gasteiger partial charge in [0, 0.05) is 5.33 Å². The van der Waals surface area contributed by atoms with Gasteiger partial charge in [0.1, 0.15) is 0 Å². The molecule has 0 heterocycles. The van der Waals surface area contributed by atoms with Crippen LogP contribution in [0.25, 0.3) is 0 Å². The number of hydrogen-bond acceptors (Lipinski definition) is 1. The summed E-state index contributed by atoms with van der Waals surface area (Å²) in [5, 5.41) is 0.899. The van der Waals surface area contributed by atoms with Gasteiger partial charge >= 0.3 is 6.61 Å². The fourth-order valence-corrected chi connectivity index (χ4v) is 2.24. The molecule has 1 aliphatic rings. The van der Waals surface area contributed by atoms with Crippen LogP contribution in [0.1, 0.15) is 25.7 Å². The molecule has 0 aliphatic heterocycles. The van der Waals surface area contributed by atoms with Crippen LogP contribution in [-0.4, -0.2) is 18.0 Å². The highest BCUT2D eigenvalue weighted by Crippen LogP contribution is 2.28. The summed E-state index contributed by atoms with van der Waals surface area (Å²) in [7, 11) is 0. The maximum atomic E-state index is 11.8. The maximum absolute atomic E-state index is 11.8. The van der Waals surface area contributed by atoms with Gasteiger partial charge in [-0.25, -0.2) is 0 Å². The molecular formula is C8H13BrF2O. The third-order valence-corrected chi connectivity index (χ3v) is 3.16. The zero-order valence-electron chi connectivity index (χ0n) is 6.81. The molecule has 0 aromatic heterocycles. The lowest BCUT2D eigenvalue weighted by molar-refractivity contribution is -0.172. The van der Waals surface area contributed by atoms with Gasteiger partial charge in [-0.15, -0.1) is 0 Å². The summed E-state index contributed by atoms with van der Waals surface area (Å²) >= 11 is 3.36. The van der Waals surface area contributed by atoms with Crippen molar-refractivity contribution < 1.29 is 13.5 Å². The Kier molecular flexibility index (Phi) is 4.43. The van der Waals surface area contributed by atoms with Crippen molar-refractivity contribution in [3.63, 3.8) is 0 Å². The average molecular weight is 243 g/mol. The van der Waals surface area contributed by atoms with E-state index in [9.17, 15) is 8.78 Å². The van der Waals surface area contributed by atoms with Crippen molar-refractivity contribution in [3.05, 3.63) is 0 Å². The standard InChI is InChI=1S/C8H13BrF2O/c9-5-6-2-1-3-7(4-6)12-8(10)11/h6-8H,1-5H2. The molecule has 4 heteroatoms. The van der Waals surface area contributed by atoms with Crippen LogP contribution >= 0.6 is 15.9 Å². The van der Waals surface area contributed by atoms with E-state index in [4.69, 9.17) is 0 Å². The summed E-state index contributed by atoms with van der Waals surface area (Å²) in [6.07, 6.45) is 3.48. The topological polar surface area (TPSA) is 9.23 Å². The molecule has 1 nitrogen and oxygen atoms in total. The molecule has 0 N–H and O–H groups in total. The lowest BCUT2D eigenvalue weighted by atomic mass is 9.89. The summed E-state index contributed by atoms with van der Waals surface area (Å²) in [6, 6.07) is 0. The molecule has 1 saturated carbocycles. The van der Waals surface area contributed by atoms with Crippen LogP contribution < -0.4 is 0 Å². The zero-order valence-corrected chi connectivity index (χ0v) is 8.40. The van der Waals surface area contributed by atoms with Crippen LogP contribution in [0.4, 0.5) is 8.78 Å². The minimum absolute atomic E-state index is 0.221. The Morgan fingerprint density at radius 1 is 1.42 bits per heavy atom. The first-order chi connectivity index (χ1) is 5.72. The van der Waals surface area contributed by atoms with Gasteiger partial charge in [0.05, 0.1) is 6.10 Å². The van der Waals surface area contributed by atoms with Gasteiger partial charge in [0.25, 0.3) is 0 Å². The first-order valence-corrected chi connectivity index (χ1v) is 5.34. The second-order valence-corrected chi connectivity index (χ2v) is 3.85. The molecule has 0 aromatic rings. The lowest BCUT2D eigenvalue weighted by Crippen LogP contribution is -2.25. The maximum Gasteiger partial charge on any atom is 0.345 e. The van der Waals surface area contributed by atoms with E-state index >= 15 is 0 Å². The van der Waals surface area contributed by atoms with Gasteiger partial charge in [-0.2, -0.15) is 8.78 Å². The third kappa shape index (κ3) is 3.35. The Labute approximate surface area is 79.6 Å². The smallest absolute Gasteiger partial charge is 0.320 e. The van der Waals surface area contributed by atoms with E-state index in [0.717, 1.165) is 31.0 Å². The Balaban J connectivity index is 2.25. The van der Waals surface area contributed by atoms with E-state index in [-0.39, 0.29) is 6.10 Å². The van der Waals surface area contributed by atoms with E-state index in [2.05, 4.69) is 20.7 Å². The van der Waals surface area contributed by atoms with Crippen molar-refractivity contribution in [2.24, 2.45) is 5.92 Å². The van der Waals surface area contributed by atoms with Gasteiger partial charge in [0.15, 0.2) is 0 Å². The van der Waals surface area contributed by atoms with E-state index in [0.29, 0.717) is 5.92 Å². The van der Waals surface area contributed by atoms with Crippen molar-refractivity contribution in [1.82, 2.24) is 0 Å². The normalized spacial score (nSPS) is 31.0. The van der Waals surface area contributed by atoms with Gasteiger partial charge in [-0.3, -0.25) is 0 Å². The lowest BCUT2D eigenvalue weighted by Gasteiger charge is -2.27. The average Bonchev–Trinajstić information content (AvgIpc) is 2.03. The van der Waals surface area contributed by atoms with Crippen LogP contribution in [0.3, 0.4) is 0 Å². The predicted molar refractivity (Wildman–Crippen MR) is 46.6 cm³/mol. The third-order valence-electron chi connectivity index (χ3n) is 2.25. The van der Waals surface area contributed by atoms with Gasteiger partial charge in [-0.1, -0.05) is 22.4 Å². The first kappa shape index (κ1) is 10.4. The molecule has 1 fully saturated rings. The number of rotatable bonds is 3. The molecule has 0 spiro atoms. The molecule has 1 aliphatic carbocycles. The summed E-state index contributed by atoms with van der Waals surface area (Å²) < 4.78 is 28.1. The SMILES string of the molecule is FC(F)OC1CCCC(CBr)C1. The Morgan fingerprint density at radius 3 is 2.75 bits per heavy atom. The van der Waals surface area contributed by atoms with E-state index in [1.54, 1.807) is 0 Å². The van der Waals surface area contributed by atoms with Crippen molar-refractivity contribution >= 4 is 15.9 Å². The summed E-state index contributed by atoms with van der Waals surface area (Å²) in [5.41, 5.74) is 0. The predicted octanol–water partition coefficient (Wildman–Crippen LogP) is 3.18. The Morgan fingerprint density at radius 2 is 2.17 bits per heavy atom. The van der Waals surface area contributed by atoms with Crippen molar-refractivity contribution in [2.75, 3.05) is 5.33 Å². The molecule has 72 valence electrons. The van der Waals surface area contributed by atoms with Gasteiger partial charge < -0.3 is 4.74 Å². The summed E-state index contributed by atoms with van der Waals surface area (Å²) in [6.45, 7) is -2.61. The second kappa shape index (κ2) is 5.12. The van der Waals surface area contributed by atoms with Crippen LogP contribution in [0, 0.1) is 5.92 Å². The molecule has 2 unspecified atom stereocenters. The second-order valence-electron chi connectivity index (χ2n) is 3.21.